The molecule has 0 radical (unpaired) electrons. The molecule has 36 heavy (non-hydrogen) atoms. The zero-order valence-electron chi connectivity index (χ0n) is 23.2. The van der Waals surface area contributed by atoms with Gasteiger partial charge in [-0.25, -0.2) is 0 Å². The molecule has 1 aliphatic heterocycles. The molecule has 0 unspecified atom stereocenters. The molecule has 2 aromatic carbocycles. The Balaban J connectivity index is 1.82. The van der Waals surface area contributed by atoms with Crippen LogP contribution in [0.25, 0.3) is 0 Å². The van der Waals surface area contributed by atoms with Gasteiger partial charge in [0.15, 0.2) is 14.4 Å². The first kappa shape index (κ1) is 28.8. The van der Waals surface area contributed by atoms with Gasteiger partial charge in [0, 0.05) is 6.61 Å². The van der Waals surface area contributed by atoms with Crippen molar-refractivity contribution in [3.8, 4) is 0 Å². The minimum absolute atomic E-state index is 0.000526. The fourth-order valence-electron chi connectivity index (χ4n) is 4.81. The normalized spacial score (nSPS) is 20.3. The first-order valence-corrected chi connectivity index (χ1v) is 17.8. The first-order valence-electron chi connectivity index (χ1n) is 13.0. The predicted octanol–water partition coefficient (Wildman–Crippen LogP) is 5.02. The molecule has 1 saturated heterocycles. The third-order valence-electron chi connectivity index (χ3n) is 7.78. The molecule has 2 aromatic rings. The maximum Gasteiger partial charge on any atom is 0.308 e. The molecule has 1 N–H and O–H groups in total. The fourth-order valence-corrected chi connectivity index (χ4v) is 10.7. The number of aliphatic hydroxyl groups is 1. The highest BCUT2D eigenvalue weighted by molar-refractivity contribution is 6.99. The minimum atomic E-state index is -2.69. The average molecular weight is 529 g/mol. The van der Waals surface area contributed by atoms with E-state index in [0.717, 1.165) is 0 Å². The van der Waals surface area contributed by atoms with Crippen molar-refractivity contribution in [2.24, 2.45) is 0 Å². The number of carbonyl (C=O) groups excluding carboxylic acids is 1. The lowest BCUT2D eigenvalue weighted by molar-refractivity contribution is -0.146. The summed E-state index contributed by atoms with van der Waals surface area (Å²) >= 11 is 0. The van der Waals surface area contributed by atoms with Crippen molar-refractivity contribution in [1.29, 1.82) is 0 Å². The Kier molecular flexibility index (Phi) is 8.73. The summed E-state index contributed by atoms with van der Waals surface area (Å²) < 4.78 is 19.0. The van der Waals surface area contributed by atoms with Gasteiger partial charge in [-0.15, -0.1) is 0 Å². The molecular formula is C29H44O5Si2. The van der Waals surface area contributed by atoms with Gasteiger partial charge in [0.1, 0.15) is 0 Å². The van der Waals surface area contributed by atoms with E-state index in [9.17, 15) is 9.90 Å². The summed E-state index contributed by atoms with van der Waals surface area (Å²) in [5.41, 5.74) is 0. The van der Waals surface area contributed by atoms with E-state index in [4.69, 9.17) is 13.6 Å². The lowest BCUT2D eigenvalue weighted by atomic mass is 10.1. The van der Waals surface area contributed by atoms with Crippen molar-refractivity contribution in [2.75, 3.05) is 6.61 Å². The van der Waals surface area contributed by atoms with E-state index >= 15 is 0 Å². The van der Waals surface area contributed by atoms with Crippen LogP contribution >= 0.6 is 0 Å². The Morgan fingerprint density at radius 1 is 0.917 bits per heavy atom. The molecule has 198 valence electrons. The maximum atomic E-state index is 12.2. The summed E-state index contributed by atoms with van der Waals surface area (Å²) in [6.07, 6.45) is -1.41. The van der Waals surface area contributed by atoms with E-state index in [-0.39, 0.29) is 22.5 Å². The molecule has 5 nitrogen and oxygen atoms in total. The van der Waals surface area contributed by atoms with Gasteiger partial charge in [-0.1, -0.05) is 102 Å². The number of hydrogen-bond donors (Lipinski definition) is 1. The largest absolute Gasteiger partial charge is 0.457 e. The van der Waals surface area contributed by atoms with Crippen molar-refractivity contribution in [3.63, 3.8) is 0 Å². The zero-order valence-corrected chi connectivity index (χ0v) is 25.2. The van der Waals surface area contributed by atoms with E-state index in [1.807, 2.05) is 12.1 Å². The molecule has 0 bridgehead atoms. The molecule has 1 aliphatic rings. The second-order valence-electron chi connectivity index (χ2n) is 12.4. The molecule has 3 rings (SSSR count). The van der Waals surface area contributed by atoms with Crippen LogP contribution in [0.15, 0.2) is 60.7 Å². The molecular weight excluding hydrogens is 484 g/mol. The molecule has 1 fully saturated rings. The van der Waals surface area contributed by atoms with Crippen molar-refractivity contribution in [1.82, 2.24) is 0 Å². The monoisotopic (exact) mass is 528 g/mol. The number of esters is 1. The maximum absolute atomic E-state index is 12.2. The van der Waals surface area contributed by atoms with Crippen LogP contribution in [0, 0.1) is 0 Å². The topological polar surface area (TPSA) is 65.0 Å². The van der Waals surface area contributed by atoms with E-state index in [0.29, 0.717) is 13.0 Å². The summed E-state index contributed by atoms with van der Waals surface area (Å²) in [7, 11) is -4.82. The van der Waals surface area contributed by atoms with Crippen LogP contribution in [0.2, 0.25) is 23.2 Å². The van der Waals surface area contributed by atoms with Crippen LogP contribution in [0.5, 0.6) is 0 Å². The molecule has 0 amide bonds. The van der Waals surface area contributed by atoms with Crippen molar-refractivity contribution >= 4 is 33.0 Å². The van der Waals surface area contributed by atoms with Gasteiger partial charge in [-0.3, -0.25) is 4.79 Å². The van der Waals surface area contributed by atoms with Crippen LogP contribution in [0.1, 0.15) is 54.4 Å². The smallest absolute Gasteiger partial charge is 0.308 e. The Labute approximate surface area is 219 Å². The van der Waals surface area contributed by atoms with E-state index in [1.165, 1.54) is 10.4 Å². The zero-order chi connectivity index (χ0) is 26.8. The highest BCUT2D eigenvalue weighted by atomic mass is 28.4. The lowest BCUT2D eigenvalue weighted by Crippen LogP contribution is -2.66. The second-order valence-corrected chi connectivity index (χ2v) is 21.5. The number of carbonyl (C=O) groups is 1. The predicted molar refractivity (Wildman–Crippen MR) is 151 cm³/mol. The van der Waals surface area contributed by atoms with Gasteiger partial charge >= 0.3 is 5.97 Å². The first-order chi connectivity index (χ1) is 16.7. The van der Waals surface area contributed by atoms with Gasteiger partial charge in [0.2, 0.25) is 0 Å². The number of rotatable bonds is 9. The van der Waals surface area contributed by atoms with E-state index in [2.05, 4.69) is 103 Å². The molecule has 1 heterocycles. The third kappa shape index (κ3) is 6.02. The highest BCUT2D eigenvalue weighted by Crippen LogP contribution is 2.40. The second kappa shape index (κ2) is 10.9. The Morgan fingerprint density at radius 3 is 1.86 bits per heavy atom. The quantitative estimate of drug-likeness (QED) is 0.366. The van der Waals surface area contributed by atoms with Crippen LogP contribution in [-0.4, -0.2) is 52.6 Å². The Hall–Kier alpha value is -1.78. The Bertz CT molecular complexity index is 956. The molecule has 0 aliphatic carbocycles. The van der Waals surface area contributed by atoms with E-state index < -0.39 is 34.9 Å². The molecule has 7 heteroatoms. The third-order valence-corrected chi connectivity index (χ3v) is 17.3. The lowest BCUT2D eigenvalue weighted by Gasteiger charge is -2.43. The SMILES string of the molecule is CC(C)(C)[Si](C)(C)O[C@H]1CC(=O)O[C@H]1[C@@H](O)CCO[Si](c1ccccc1)(c1ccccc1)C(C)(C)C. The Morgan fingerprint density at radius 2 is 1.42 bits per heavy atom. The molecule has 0 aromatic heterocycles. The minimum Gasteiger partial charge on any atom is -0.457 e. The highest BCUT2D eigenvalue weighted by Gasteiger charge is 2.51. The standard InChI is InChI=1S/C29H44O5Si2/c1-28(2,3)35(7,8)34-25-21-26(31)33-27(25)24(30)19-20-32-36(29(4,5)6,22-15-11-9-12-16-22)23-17-13-10-14-18-23/h9-18,24-25,27,30H,19-21H2,1-8H3/t24-,25-,27-/m0/s1. The molecule has 0 spiro atoms. The van der Waals surface area contributed by atoms with Crippen LogP contribution in [0.4, 0.5) is 0 Å². The van der Waals surface area contributed by atoms with Gasteiger partial charge < -0.3 is 18.7 Å². The van der Waals surface area contributed by atoms with Gasteiger partial charge in [0.05, 0.1) is 18.6 Å². The van der Waals surface area contributed by atoms with E-state index in [1.54, 1.807) is 0 Å². The van der Waals surface area contributed by atoms with Crippen molar-refractivity contribution in [3.05, 3.63) is 60.7 Å². The number of ether oxygens (including phenoxy) is 1. The molecule has 0 saturated carbocycles. The summed E-state index contributed by atoms with van der Waals surface area (Å²) in [4.78, 5) is 12.2. The van der Waals surface area contributed by atoms with Crippen LogP contribution < -0.4 is 10.4 Å². The number of hydrogen-bond acceptors (Lipinski definition) is 5. The number of aliphatic hydroxyl groups excluding tert-OH is 1. The number of cyclic esters (lactones) is 1. The summed E-state index contributed by atoms with van der Waals surface area (Å²) in [5, 5.41) is 13.4. The van der Waals surface area contributed by atoms with Gasteiger partial charge in [-0.05, 0) is 40.0 Å². The number of benzene rings is 2. The summed E-state index contributed by atoms with van der Waals surface area (Å²) in [6.45, 7) is 17.9. The molecule has 3 atom stereocenters. The summed E-state index contributed by atoms with van der Waals surface area (Å²) in [5.74, 6) is -0.310. The van der Waals surface area contributed by atoms with Gasteiger partial charge in [-0.2, -0.15) is 0 Å². The van der Waals surface area contributed by atoms with Crippen LogP contribution in [-0.2, 0) is 18.4 Å². The van der Waals surface area contributed by atoms with Gasteiger partial charge in [0.25, 0.3) is 8.32 Å². The average Bonchev–Trinajstić information content (AvgIpc) is 3.15. The van der Waals surface area contributed by atoms with Crippen molar-refractivity contribution < 1.29 is 23.5 Å². The van der Waals surface area contributed by atoms with Crippen molar-refractivity contribution in [2.45, 2.75) is 95.9 Å². The fraction of sp³-hybridized carbons (Fsp3) is 0.552. The van der Waals surface area contributed by atoms with Crippen LogP contribution in [0.3, 0.4) is 0 Å². The summed E-state index contributed by atoms with van der Waals surface area (Å²) in [6, 6.07) is 20.9.